The molecular weight excluding hydrogens is 496 g/mol. The molecule has 9 nitrogen and oxygen atoms in total. The molecule has 2 aromatic carbocycles. The summed E-state index contributed by atoms with van der Waals surface area (Å²) in [4.78, 5) is 59.7. The number of hydrogen-bond acceptors (Lipinski definition) is 4. The Kier molecular flexibility index (Phi) is 6.16. The number of likely N-dealkylation sites (tertiary alicyclic amines) is 1. The van der Waals surface area contributed by atoms with Gasteiger partial charge in [0.15, 0.2) is 0 Å². The number of aliphatic carboxylic acids is 1. The monoisotopic (exact) mass is 528 g/mol. The number of carboxylic acid groups (broad SMARTS) is 1. The number of carbonyl (C=O) groups excluding carboxylic acids is 3. The molecule has 39 heavy (non-hydrogen) atoms. The number of H-pyrrole nitrogens is 1. The summed E-state index contributed by atoms with van der Waals surface area (Å²) < 4.78 is 0. The highest BCUT2D eigenvalue weighted by atomic mass is 16.4. The minimum atomic E-state index is -1.03. The predicted octanol–water partition coefficient (Wildman–Crippen LogP) is 3.24. The normalized spacial score (nSPS) is 23.2. The van der Waals surface area contributed by atoms with Crippen molar-refractivity contribution in [1.29, 1.82) is 0 Å². The minimum absolute atomic E-state index is 0.211. The van der Waals surface area contributed by atoms with Crippen LogP contribution in [0.1, 0.15) is 66.3 Å². The average Bonchev–Trinajstić information content (AvgIpc) is 3.65. The van der Waals surface area contributed by atoms with Gasteiger partial charge < -0.3 is 25.2 Å². The largest absolute Gasteiger partial charge is 0.480 e. The number of nitrogens with one attached hydrogen (secondary N) is 2. The lowest BCUT2D eigenvalue weighted by molar-refractivity contribution is -0.150. The number of aromatic nitrogens is 1. The Morgan fingerprint density at radius 1 is 1.10 bits per heavy atom. The fourth-order valence-corrected chi connectivity index (χ4v) is 6.54. The number of nitrogens with zero attached hydrogens (tertiary/aromatic N) is 2. The van der Waals surface area contributed by atoms with E-state index in [-0.39, 0.29) is 17.7 Å². The Morgan fingerprint density at radius 2 is 1.85 bits per heavy atom. The van der Waals surface area contributed by atoms with Crippen molar-refractivity contribution in [3.63, 3.8) is 0 Å². The lowest BCUT2D eigenvalue weighted by Gasteiger charge is -2.38. The van der Waals surface area contributed by atoms with Gasteiger partial charge in [-0.3, -0.25) is 14.4 Å². The molecule has 3 aliphatic heterocycles. The smallest absolute Gasteiger partial charge is 0.326 e. The van der Waals surface area contributed by atoms with Gasteiger partial charge in [0.1, 0.15) is 18.1 Å². The van der Waals surface area contributed by atoms with E-state index in [9.17, 15) is 24.3 Å². The molecule has 6 rings (SSSR count). The summed E-state index contributed by atoms with van der Waals surface area (Å²) in [6, 6.07) is 12.3. The molecule has 0 unspecified atom stereocenters. The molecule has 202 valence electrons. The highest BCUT2D eigenvalue weighted by Gasteiger charge is 2.50. The number of amides is 3. The third-order valence-electron chi connectivity index (χ3n) is 8.75. The van der Waals surface area contributed by atoms with Crippen molar-refractivity contribution in [3.8, 4) is 0 Å². The van der Waals surface area contributed by atoms with Crippen molar-refractivity contribution in [1.82, 2.24) is 20.1 Å². The number of rotatable bonds is 6. The summed E-state index contributed by atoms with van der Waals surface area (Å²) in [6.07, 6.45) is 1.94. The highest BCUT2D eigenvalue weighted by molar-refractivity contribution is 6.04. The average molecular weight is 529 g/mol. The van der Waals surface area contributed by atoms with Crippen molar-refractivity contribution < 1.29 is 24.3 Å². The molecule has 0 aliphatic carbocycles. The maximum Gasteiger partial charge on any atom is 0.326 e. The van der Waals surface area contributed by atoms with Crippen LogP contribution in [0.25, 0.3) is 10.9 Å². The molecule has 1 fully saturated rings. The maximum absolute atomic E-state index is 14.1. The third-order valence-corrected chi connectivity index (χ3v) is 8.75. The molecule has 1 saturated heterocycles. The van der Waals surface area contributed by atoms with Crippen LogP contribution in [0.4, 0.5) is 0 Å². The summed E-state index contributed by atoms with van der Waals surface area (Å²) >= 11 is 0. The van der Waals surface area contributed by atoms with E-state index in [1.807, 2.05) is 56.3 Å². The first-order chi connectivity index (χ1) is 18.8. The topological polar surface area (TPSA) is 123 Å². The zero-order valence-corrected chi connectivity index (χ0v) is 22.0. The van der Waals surface area contributed by atoms with E-state index >= 15 is 0 Å². The molecule has 9 heteroatoms. The van der Waals surface area contributed by atoms with Crippen molar-refractivity contribution in [2.75, 3.05) is 6.54 Å². The van der Waals surface area contributed by atoms with Crippen LogP contribution in [-0.2, 0) is 20.8 Å². The molecule has 5 atom stereocenters. The fraction of sp³-hybridized carbons (Fsp3) is 0.400. The van der Waals surface area contributed by atoms with E-state index in [1.165, 1.54) is 4.90 Å². The highest BCUT2D eigenvalue weighted by Crippen LogP contribution is 2.46. The van der Waals surface area contributed by atoms with Gasteiger partial charge in [-0.25, -0.2) is 4.79 Å². The number of fused-ring (bicyclic) bond motifs is 7. The molecule has 0 spiro atoms. The van der Waals surface area contributed by atoms with Gasteiger partial charge in [0.05, 0.1) is 6.04 Å². The summed E-state index contributed by atoms with van der Waals surface area (Å²) in [5, 5.41) is 13.6. The van der Waals surface area contributed by atoms with Crippen LogP contribution in [0.5, 0.6) is 0 Å². The quantitative estimate of drug-likeness (QED) is 0.453. The van der Waals surface area contributed by atoms with Gasteiger partial charge in [-0.15, -0.1) is 0 Å². The Hall–Kier alpha value is -4.14. The van der Waals surface area contributed by atoms with Crippen molar-refractivity contribution in [2.45, 2.75) is 63.7 Å². The van der Waals surface area contributed by atoms with Gasteiger partial charge in [-0.05, 0) is 42.0 Å². The molecular formula is C30H32N4O5. The number of benzene rings is 2. The van der Waals surface area contributed by atoms with Crippen LogP contribution >= 0.6 is 0 Å². The lowest BCUT2D eigenvalue weighted by atomic mass is 9.89. The Bertz CT molecular complexity index is 1500. The first kappa shape index (κ1) is 25.2. The van der Waals surface area contributed by atoms with Gasteiger partial charge in [0, 0.05) is 35.1 Å². The van der Waals surface area contributed by atoms with E-state index in [0.717, 1.165) is 27.7 Å². The summed E-state index contributed by atoms with van der Waals surface area (Å²) in [5.74, 6) is -2.24. The van der Waals surface area contributed by atoms with Gasteiger partial charge in [0.2, 0.25) is 11.8 Å². The van der Waals surface area contributed by atoms with Gasteiger partial charge in [-0.2, -0.15) is 0 Å². The van der Waals surface area contributed by atoms with Crippen LogP contribution in [-0.4, -0.2) is 68.3 Å². The molecule has 0 saturated carbocycles. The van der Waals surface area contributed by atoms with E-state index in [2.05, 4.69) is 10.3 Å². The van der Waals surface area contributed by atoms with E-state index in [1.54, 1.807) is 11.0 Å². The number of para-hydroxylation sites is 1. The zero-order valence-electron chi connectivity index (χ0n) is 22.0. The summed E-state index contributed by atoms with van der Waals surface area (Å²) in [6.45, 7) is 4.17. The number of hydrogen-bond donors (Lipinski definition) is 3. The number of carbonyl (C=O) groups is 4. The first-order valence-corrected chi connectivity index (χ1v) is 13.7. The van der Waals surface area contributed by atoms with E-state index < -0.39 is 36.0 Å². The molecule has 3 aromatic rings. The molecule has 1 aromatic heterocycles. The van der Waals surface area contributed by atoms with Gasteiger partial charge in [0.25, 0.3) is 5.91 Å². The van der Waals surface area contributed by atoms with Gasteiger partial charge >= 0.3 is 5.97 Å². The summed E-state index contributed by atoms with van der Waals surface area (Å²) in [7, 11) is 0. The van der Waals surface area contributed by atoms with Crippen molar-refractivity contribution >= 4 is 34.6 Å². The third kappa shape index (κ3) is 3.90. The molecule has 3 aliphatic rings. The van der Waals surface area contributed by atoms with Crippen LogP contribution in [0, 0.1) is 5.92 Å². The molecule has 4 heterocycles. The standard InChI is InChI=1S/C30H32N4O5/c1-3-16(2)24(29(37)33-14-8-13-22(33)30(38)39)32-27(35)23-15-20-17-9-6-7-12-21(17)31-25(20)26-18-10-4-5-11-19(18)28(36)34(23)26/h4-7,9-12,16,22-24,26,31H,3,8,13-15H2,1-2H3,(H,32,35)(H,38,39)/t16-,22+,23+,24+,26-/m1/s1. The molecule has 3 amide bonds. The first-order valence-electron chi connectivity index (χ1n) is 13.7. The predicted molar refractivity (Wildman–Crippen MR) is 144 cm³/mol. The van der Waals surface area contributed by atoms with Crippen LogP contribution < -0.4 is 5.32 Å². The summed E-state index contributed by atoms with van der Waals surface area (Å²) in [5.41, 5.74) is 4.27. The van der Waals surface area contributed by atoms with Gasteiger partial charge in [-0.1, -0.05) is 56.7 Å². The van der Waals surface area contributed by atoms with E-state index in [0.29, 0.717) is 37.8 Å². The maximum atomic E-state index is 14.1. The number of aromatic amines is 1. The van der Waals surface area contributed by atoms with E-state index in [4.69, 9.17) is 0 Å². The van der Waals surface area contributed by atoms with Crippen LogP contribution in [0.15, 0.2) is 48.5 Å². The number of carboxylic acids is 1. The molecule has 0 radical (unpaired) electrons. The molecule has 0 bridgehead atoms. The second-order valence-corrected chi connectivity index (χ2v) is 10.9. The second-order valence-electron chi connectivity index (χ2n) is 10.9. The zero-order chi connectivity index (χ0) is 27.4. The van der Waals surface area contributed by atoms with Crippen LogP contribution in [0.2, 0.25) is 0 Å². The Morgan fingerprint density at radius 3 is 2.62 bits per heavy atom. The van der Waals surface area contributed by atoms with Crippen LogP contribution in [0.3, 0.4) is 0 Å². The molecule has 3 N–H and O–H groups in total. The Balaban J connectivity index is 1.37. The van der Waals surface area contributed by atoms with Crippen molar-refractivity contribution in [3.05, 3.63) is 70.9 Å². The second kappa shape index (κ2) is 9.55. The minimum Gasteiger partial charge on any atom is -0.480 e. The SMILES string of the molecule is CC[C@@H](C)[C@H](NC(=O)[C@@H]1Cc2c([nH]c3ccccc23)[C@H]2c3ccccc3C(=O)N21)C(=O)N1CCC[C@H]1C(=O)O. The lowest BCUT2D eigenvalue weighted by Crippen LogP contribution is -2.59. The van der Waals surface area contributed by atoms with Crippen molar-refractivity contribution in [2.24, 2.45) is 5.92 Å². The fourth-order valence-electron chi connectivity index (χ4n) is 6.54. The Labute approximate surface area is 226 Å².